The highest BCUT2D eigenvalue weighted by Crippen LogP contribution is 2.32. The number of carbonyl (C=O) groups excluding carboxylic acids is 1. The summed E-state index contributed by atoms with van der Waals surface area (Å²) in [6.07, 6.45) is -5.53. The van der Waals surface area contributed by atoms with Gasteiger partial charge in [-0.05, 0) is 32.5 Å². The highest BCUT2D eigenvalue weighted by atomic mass is 127. The van der Waals surface area contributed by atoms with Gasteiger partial charge in [-0.15, -0.1) is 13.2 Å². The third-order valence-corrected chi connectivity index (χ3v) is 3.09. The molecule has 0 bridgehead atoms. The Hall–Kier alpha value is -1.66. The van der Waals surface area contributed by atoms with Gasteiger partial charge in [0.05, 0.1) is 13.2 Å². The van der Waals surface area contributed by atoms with E-state index >= 15 is 0 Å². The molecule has 0 unspecified atom stereocenters. The zero-order valence-corrected chi connectivity index (χ0v) is 11.9. The monoisotopic (exact) mass is 406 g/mol. The van der Waals surface area contributed by atoms with Gasteiger partial charge < -0.3 is 19.6 Å². The quantitative estimate of drug-likeness (QED) is 0.330. The molecule has 11 heteroatoms. The van der Waals surface area contributed by atoms with Gasteiger partial charge in [0.1, 0.15) is 9.99 Å². The SMILES string of the molecule is COC(=O)Cc1nc([N+](=O)[O-])cc(OC(F)(F)F)c1I. The van der Waals surface area contributed by atoms with Gasteiger partial charge in [0.15, 0.2) is 11.4 Å². The Bertz CT molecular complexity index is 549. The van der Waals surface area contributed by atoms with Crippen LogP contribution >= 0.6 is 22.6 Å². The molecule has 110 valence electrons. The van der Waals surface area contributed by atoms with E-state index in [2.05, 4.69) is 14.5 Å². The summed E-state index contributed by atoms with van der Waals surface area (Å²) in [5, 5.41) is 10.6. The molecule has 1 aromatic heterocycles. The van der Waals surface area contributed by atoms with Crippen molar-refractivity contribution in [2.75, 3.05) is 7.11 Å². The number of aromatic nitrogens is 1. The molecular weight excluding hydrogens is 400 g/mol. The van der Waals surface area contributed by atoms with E-state index in [-0.39, 0.29) is 9.26 Å². The number of nitro groups is 1. The first kappa shape index (κ1) is 16.4. The van der Waals surface area contributed by atoms with Crippen LogP contribution in [0.15, 0.2) is 6.07 Å². The molecule has 0 saturated carbocycles. The van der Waals surface area contributed by atoms with Gasteiger partial charge in [0.2, 0.25) is 0 Å². The molecule has 0 aliphatic rings. The molecule has 0 radical (unpaired) electrons. The number of nitrogens with zero attached hydrogens (tertiary/aromatic N) is 2. The van der Waals surface area contributed by atoms with Crippen LogP contribution in [0.2, 0.25) is 0 Å². The molecule has 0 fully saturated rings. The maximum atomic E-state index is 12.2. The average molecular weight is 406 g/mol. The van der Waals surface area contributed by atoms with Crippen LogP contribution in [0.1, 0.15) is 5.69 Å². The zero-order chi connectivity index (χ0) is 15.5. The first-order valence-electron chi connectivity index (χ1n) is 4.80. The zero-order valence-electron chi connectivity index (χ0n) is 9.73. The number of ether oxygens (including phenoxy) is 2. The minimum Gasteiger partial charge on any atom is -0.469 e. The van der Waals surface area contributed by atoms with E-state index in [0.717, 1.165) is 7.11 Å². The average Bonchev–Trinajstić information content (AvgIpc) is 2.31. The lowest BCUT2D eigenvalue weighted by Crippen LogP contribution is -2.19. The van der Waals surface area contributed by atoms with Crippen molar-refractivity contribution < 1.29 is 32.4 Å². The number of carbonyl (C=O) groups is 1. The molecule has 0 spiro atoms. The van der Waals surface area contributed by atoms with Gasteiger partial charge in [0.25, 0.3) is 0 Å². The third kappa shape index (κ3) is 4.47. The number of halogens is 4. The van der Waals surface area contributed by atoms with Crippen molar-refractivity contribution in [1.82, 2.24) is 4.98 Å². The van der Waals surface area contributed by atoms with Crippen LogP contribution in [0.25, 0.3) is 0 Å². The molecule has 0 aliphatic carbocycles. The number of hydrogen-bond donors (Lipinski definition) is 0. The van der Waals surface area contributed by atoms with Crippen LogP contribution in [0.5, 0.6) is 5.75 Å². The summed E-state index contributed by atoms with van der Waals surface area (Å²) in [6.45, 7) is 0. The van der Waals surface area contributed by atoms with Crippen molar-refractivity contribution in [3.8, 4) is 5.75 Å². The summed E-state index contributed by atoms with van der Waals surface area (Å²) in [5.41, 5.74) is -0.231. The molecule has 0 atom stereocenters. The summed E-state index contributed by atoms with van der Waals surface area (Å²) >= 11 is 1.45. The number of hydrogen-bond acceptors (Lipinski definition) is 6. The van der Waals surface area contributed by atoms with E-state index in [1.54, 1.807) is 0 Å². The van der Waals surface area contributed by atoms with E-state index in [0.29, 0.717) is 6.07 Å². The molecule has 0 aliphatic heterocycles. The predicted molar refractivity (Wildman–Crippen MR) is 66.0 cm³/mol. The second-order valence-corrected chi connectivity index (χ2v) is 4.38. The number of esters is 1. The van der Waals surface area contributed by atoms with Crippen molar-refractivity contribution >= 4 is 34.4 Å². The minimum atomic E-state index is -5.02. The van der Waals surface area contributed by atoms with Crippen LogP contribution in [-0.4, -0.2) is 29.3 Å². The van der Waals surface area contributed by atoms with Crippen molar-refractivity contribution in [1.29, 1.82) is 0 Å². The fourth-order valence-electron chi connectivity index (χ4n) is 1.16. The Balaban J connectivity index is 3.29. The molecule has 7 nitrogen and oxygen atoms in total. The van der Waals surface area contributed by atoms with E-state index in [1.165, 1.54) is 22.6 Å². The molecule has 20 heavy (non-hydrogen) atoms. The fraction of sp³-hybridized carbons (Fsp3) is 0.333. The van der Waals surface area contributed by atoms with E-state index in [4.69, 9.17) is 0 Å². The van der Waals surface area contributed by atoms with E-state index < -0.39 is 35.2 Å². The Labute approximate surface area is 123 Å². The Kier molecular flexibility index (Phi) is 5.08. The van der Waals surface area contributed by atoms with Gasteiger partial charge in [-0.2, -0.15) is 0 Å². The van der Waals surface area contributed by atoms with E-state index in [9.17, 15) is 28.1 Å². The van der Waals surface area contributed by atoms with Crippen LogP contribution < -0.4 is 4.74 Å². The first-order chi connectivity index (χ1) is 9.14. The number of methoxy groups -OCH3 is 1. The van der Waals surface area contributed by atoms with Gasteiger partial charge >= 0.3 is 18.1 Å². The van der Waals surface area contributed by atoms with Crippen LogP contribution in [-0.2, 0) is 16.0 Å². The molecule has 1 heterocycles. The highest BCUT2D eigenvalue weighted by Gasteiger charge is 2.34. The number of pyridine rings is 1. The van der Waals surface area contributed by atoms with Crippen LogP contribution in [0.3, 0.4) is 0 Å². The Morgan fingerprint density at radius 1 is 1.55 bits per heavy atom. The molecule has 1 rings (SSSR count). The lowest BCUT2D eigenvalue weighted by molar-refractivity contribution is -0.389. The second kappa shape index (κ2) is 6.19. The first-order valence-corrected chi connectivity index (χ1v) is 5.88. The third-order valence-electron chi connectivity index (χ3n) is 1.93. The number of rotatable bonds is 4. The molecule has 0 aromatic carbocycles. The summed E-state index contributed by atoms with van der Waals surface area (Å²) in [5.74, 6) is -2.45. The second-order valence-electron chi connectivity index (χ2n) is 3.30. The fourth-order valence-corrected chi connectivity index (χ4v) is 1.74. The standard InChI is InChI=1S/C9H6F3IN2O5/c1-19-7(16)2-4-8(13)5(20-9(10,11)12)3-6(14-4)15(17)18/h3H,2H2,1H3. The summed E-state index contributed by atoms with van der Waals surface area (Å²) in [6, 6.07) is 0.538. The van der Waals surface area contributed by atoms with Gasteiger partial charge in [-0.3, -0.25) is 4.79 Å². The molecule has 1 aromatic rings. The van der Waals surface area contributed by atoms with Crippen molar-refractivity contribution in [3.05, 3.63) is 25.4 Å². The van der Waals surface area contributed by atoms with Gasteiger partial charge in [0, 0.05) is 0 Å². The van der Waals surface area contributed by atoms with Crippen LogP contribution in [0, 0.1) is 13.7 Å². The van der Waals surface area contributed by atoms with Crippen molar-refractivity contribution in [2.45, 2.75) is 12.8 Å². The highest BCUT2D eigenvalue weighted by molar-refractivity contribution is 14.1. The summed E-state index contributed by atoms with van der Waals surface area (Å²) in [7, 11) is 1.07. The maximum absolute atomic E-state index is 12.2. The summed E-state index contributed by atoms with van der Waals surface area (Å²) in [4.78, 5) is 24.2. The minimum absolute atomic E-state index is 0.157. The molecule has 0 saturated heterocycles. The van der Waals surface area contributed by atoms with Crippen LogP contribution in [0.4, 0.5) is 19.0 Å². The van der Waals surface area contributed by atoms with Gasteiger partial charge in [-0.25, -0.2) is 0 Å². The summed E-state index contributed by atoms with van der Waals surface area (Å²) < 4.78 is 44.5. The van der Waals surface area contributed by atoms with E-state index in [1.807, 2.05) is 0 Å². The smallest absolute Gasteiger partial charge is 0.469 e. The van der Waals surface area contributed by atoms with Crippen molar-refractivity contribution in [3.63, 3.8) is 0 Å². The maximum Gasteiger partial charge on any atom is 0.573 e. The predicted octanol–water partition coefficient (Wildman–Crippen LogP) is 2.21. The molecule has 0 N–H and O–H groups in total. The lowest BCUT2D eigenvalue weighted by atomic mass is 10.2. The Morgan fingerprint density at radius 3 is 2.60 bits per heavy atom. The number of alkyl halides is 3. The normalized spacial score (nSPS) is 11.1. The molecule has 0 amide bonds. The van der Waals surface area contributed by atoms with Gasteiger partial charge in [-0.1, -0.05) is 0 Å². The Morgan fingerprint density at radius 2 is 2.15 bits per heavy atom. The van der Waals surface area contributed by atoms with Crippen molar-refractivity contribution in [2.24, 2.45) is 0 Å². The molecular formula is C9H6F3IN2O5. The largest absolute Gasteiger partial charge is 0.573 e. The topological polar surface area (TPSA) is 91.6 Å². The lowest BCUT2D eigenvalue weighted by Gasteiger charge is -2.11.